The van der Waals surface area contributed by atoms with Crippen molar-refractivity contribution < 1.29 is 14.6 Å². The Balaban J connectivity index is 1.38. The number of anilines is 2. The van der Waals surface area contributed by atoms with Crippen LogP contribution in [0.1, 0.15) is 18.4 Å². The van der Waals surface area contributed by atoms with Crippen LogP contribution in [-0.2, 0) is 11.2 Å². The zero-order valence-corrected chi connectivity index (χ0v) is 17.0. The predicted octanol–water partition coefficient (Wildman–Crippen LogP) is 4.15. The Morgan fingerprint density at radius 2 is 2.10 bits per heavy atom. The first-order valence-corrected chi connectivity index (χ1v) is 10.0. The molecule has 2 aromatic carbocycles. The molecular weight excluding hydrogens is 388 g/mol. The molecule has 0 amide bonds. The van der Waals surface area contributed by atoms with E-state index in [1.165, 1.54) is 11.3 Å². The predicted molar refractivity (Wildman–Crippen MR) is 116 cm³/mol. The largest absolute Gasteiger partial charge is 0.481 e. The fraction of sp³-hybridized carbons (Fsp3) is 0.333. The number of imidazole rings is 1. The minimum absolute atomic E-state index is 0.212. The number of benzene rings is 2. The van der Waals surface area contributed by atoms with Gasteiger partial charge in [-0.2, -0.15) is 0 Å². The van der Waals surface area contributed by atoms with Crippen molar-refractivity contribution in [2.24, 2.45) is 5.92 Å². The van der Waals surface area contributed by atoms with Gasteiger partial charge in [0.25, 0.3) is 0 Å². The number of hydrogen-bond acceptors (Lipinski definition) is 5. The summed E-state index contributed by atoms with van der Waals surface area (Å²) in [5, 5.41) is 12.2. The number of nitrogens with zero attached hydrogens (tertiary/aromatic N) is 1. The Morgan fingerprint density at radius 3 is 2.93 bits per heavy atom. The van der Waals surface area contributed by atoms with Gasteiger partial charge < -0.3 is 30.0 Å². The van der Waals surface area contributed by atoms with Gasteiger partial charge >= 0.3 is 5.97 Å². The third kappa shape index (κ3) is 4.54. The Morgan fingerprint density at radius 1 is 1.28 bits per heavy atom. The molecule has 8 heteroatoms. The van der Waals surface area contributed by atoms with Crippen LogP contribution in [0, 0.1) is 10.7 Å². The number of carbonyl (C=O) groups is 1. The molecule has 0 fully saturated rings. The molecule has 1 aliphatic heterocycles. The highest BCUT2D eigenvalue weighted by Crippen LogP contribution is 2.33. The van der Waals surface area contributed by atoms with E-state index in [0.29, 0.717) is 23.8 Å². The second kappa shape index (κ2) is 8.16. The zero-order valence-electron chi connectivity index (χ0n) is 16.2. The fourth-order valence-corrected chi connectivity index (χ4v) is 4.13. The molecule has 1 unspecified atom stereocenters. The smallest absolute Gasteiger partial charge is 0.303 e. The second-order valence-electron chi connectivity index (χ2n) is 7.48. The van der Waals surface area contributed by atoms with Crippen LogP contribution in [0.4, 0.5) is 11.4 Å². The maximum atomic E-state index is 10.9. The number of ether oxygens (including phenoxy) is 1. The molecule has 4 rings (SSSR count). The molecule has 2 heterocycles. The van der Waals surface area contributed by atoms with Gasteiger partial charge in [0, 0.05) is 31.4 Å². The van der Waals surface area contributed by atoms with Gasteiger partial charge in [0.05, 0.1) is 11.0 Å². The van der Waals surface area contributed by atoms with Crippen LogP contribution < -0.4 is 15.0 Å². The van der Waals surface area contributed by atoms with Crippen molar-refractivity contribution in [3.63, 3.8) is 0 Å². The molecule has 1 atom stereocenters. The van der Waals surface area contributed by atoms with Crippen molar-refractivity contribution in [2.75, 3.05) is 30.5 Å². The summed E-state index contributed by atoms with van der Waals surface area (Å²) in [4.78, 5) is 19.3. The summed E-state index contributed by atoms with van der Waals surface area (Å²) in [5.41, 5.74) is 5.24. The molecule has 7 nitrogen and oxygen atoms in total. The lowest BCUT2D eigenvalue weighted by Gasteiger charge is -2.33. The lowest BCUT2D eigenvalue weighted by molar-refractivity contribution is -0.137. The molecule has 29 heavy (non-hydrogen) atoms. The van der Waals surface area contributed by atoms with Crippen molar-refractivity contribution in [3.05, 3.63) is 46.7 Å². The molecule has 1 aliphatic rings. The highest BCUT2D eigenvalue weighted by Gasteiger charge is 2.23. The third-order valence-corrected chi connectivity index (χ3v) is 5.50. The summed E-state index contributed by atoms with van der Waals surface area (Å²) >= 11 is 5.11. The van der Waals surface area contributed by atoms with E-state index in [2.05, 4.69) is 39.4 Å². The van der Waals surface area contributed by atoms with Crippen molar-refractivity contribution in [1.82, 2.24) is 9.97 Å². The minimum Gasteiger partial charge on any atom is -0.481 e. The van der Waals surface area contributed by atoms with Gasteiger partial charge in [-0.1, -0.05) is 0 Å². The Kier molecular flexibility index (Phi) is 5.44. The van der Waals surface area contributed by atoms with Crippen LogP contribution >= 0.6 is 12.2 Å². The van der Waals surface area contributed by atoms with E-state index in [1.807, 2.05) is 24.3 Å². The zero-order chi connectivity index (χ0) is 20.4. The molecule has 4 N–H and O–H groups in total. The minimum atomic E-state index is -0.735. The summed E-state index contributed by atoms with van der Waals surface area (Å²) in [6.07, 6.45) is 1.78. The van der Waals surface area contributed by atoms with Crippen molar-refractivity contribution in [3.8, 4) is 5.75 Å². The number of rotatable bonds is 7. The van der Waals surface area contributed by atoms with Gasteiger partial charge in [-0.25, -0.2) is 0 Å². The normalized spacial score (nSPS) is 15.9. The molecule has 0 spiro atoms. The number of aromatic amines is 2. The van der Waals surface area contributed by atoms with Gasteiger partial charge in [-0.15, -0.1) is 0 Å². The quantitative estimate of drug-likeness (QED) is 0.344. The van der Waals surface area contributed by atoms with E-state index in [0.717, 1.165) is 35.4 Å². The Hall–Kier alpha value is -3.00. The summed E-state index contributed by atoms with van der Waals surface area (Å²) in [6.45, 7) is 1.22. The molecule has 0 saturated heterocycles. The van der Waals surface area contributed by atoms with E-state index in [-0.39, 0.29) is 6.42 Å². The lowest BCUT2D eigenvalue weighted by atomic mass is 9.89. The number of carboxylic acids is 1. The molecule has 0 saturated carbocycles. The lowest BCUT2D eigenvalue weighted by Crippen LogP contribution is -2.32. The van der Waals surface area contributed by atoms with E-state index >= 15 is 0 Å². The monoisotopic (exact) mass is 412 g/mol. The number of nitrogens with one attached hydrogen (secondary N) is 3. The molecule has 1 aromatic heterocycles. The van der Waals surface area contributed by atoms with Gasteiger partial charge in [0.1, 0.15) is 5.75 Å². The first-order valence-electron chi connectivity index (χ1n) is 9.62. The fourth-order valence-electron chi connectivity index (χ4n) is 3.91. The van der Waals surface area contributed by atoms with Crippen molar-refractivity contribution >= 4 is 40.6 Å². The summed E-state index contributed by atoms with van der Waals surface area (Å²) in [6, 6.07) is 12.0. The highest BCUT2D eigenvalue weighted by atomic mass is 32.1. The maximum Gasteiger partial charge on any atom is 0.303 e. The number of fused-ring (bicyclic) bond motifs is 2. The van der Waals surface area contributed by atoms with Crippen LogP contribution in [0.25, 0.3) is 11.0 Å². The van der Waals surface area contributed by atoms with E-state index < -0.39 is 5.97 Å². The Bertz CT molecular complexity index is 1090. The maximum absolute atomic E-state index is 10.9. The highest BCUT2D eigenvalue weighted by molar-refractivity contribution is 7.71. The van der Waals surface area contributed by atoms with Gasteiger partial charge in [0.15, 0.2) is 11.5 Å². The summed E-state index contributed by atoms with van der Waals surface area (Å²) in [5.74, 6) is 0.405. The molecule has 0 aliphatic carbocycles. The average molecular weight is 413 g/mol. The molecular formula is C21H24N4O3S. The van der Waals surface area contributed by atoms with Crippen LogP contribution in [0.3, 0.4) is 0 Å². The van der Waals surface area contributed by atoms with Crippen LogP contribution in [-0.4, -0.2) is 41.4 Å². The van der Waals surface area contributed by atoms with Gasteiger partial charge in [0.2, 0.25) is 0 Å². The SMILES string of the molecule is CN1CC(CCC(=O)O)Cc2cc(OCNc3ccc4[nH]c(=S)[nH]c4c3)ccc21. The van der Waals surface area contributed by atoms with Crippen LogP contribution in [0.2, 0.25) is 0 Å². The third-order valence-electron chi connectivity index (χ3n) is 5.30. The van der Waals surface area contributed by atoms with Crippen LogP contribution in [0.5, 0.6) is 5.75 Å². The number of aromatic nitrogens is 2. The standard InChI is InChI=1S/C21H24N4O3S/c1-25-11-13(2-7-20(26)27)8-14-9-16(4-6-19(14)25)28-12-22-15-3-5-17-18(10-15)24-21(29)23-17/h3-6,9-10,13,22H,2,7-8,11-12H2,1H3,(H,26,27)(H2,23,24,29). The van der Waals surface area contributed by atoms with Crippen molar-refractivity contribution in [1.29, 1.82) is 0 Å². The van der Waals surface area contributed by atoms with Crippen LogP contribution in [0.15, 0.2) is 36.4 Å². The van der Waals surface area contributed by atoms with Gasteiger partial charge in [-0.05, 0) is 72.9 Å². The van der Waals surface area contributed by atoms with E-state index in [4.69, 9.17) is 22.1 Å². The topological polar surface area (TPSA) is 93.4 Å². The first-order chi connectivity index (χ1) is 14.0. The number of hydrogen-bond donors (Lipinski definition) is 4. The molecule has 3 aromatic rings. The van der Waals surface area contributed by atoms with Crippen molar-refractivity contribution in [2.45, 2.75) is 19.3 Å². The van der Waals surface area contributed by atoms with E-state index in [9.17, 15) is 4.79 Å². The second-order valence-corrected chi connectivity index (χ2v) is 7.89. The average Bonchev–Trinajstić information content (AvgIpc) is 3.05. The first kappa shape index (κ1) is 19.3. The number of H-pyrrole nitrogens is 2. The van der Waals surface area contributed by atoms with Gasteiger partial charge in [-0.3, -0.25) is 4.79 Å². The van der Waals surface area contributed by atoms with E-state index in [1.54, 1.807) is 0 Å². The number of aliphatic carboxylic acids is 1. The molecule has 0 bridgehead atoms. The molecule has 0 radical (unpaired) electrons. The summed E-state index contributed by atoms with van der Waals surface area (Å²) in [7, 11) is 2.05. The number of carboxylic acid groups (broad SMARTS) is 1. The Labute approximate surface area is 173 Å². The molecule has 152 valence electrons. The summed E-state index contributed by atoms with van der Waals surface area (Å²) < 4.78 is 6.51.